The fraction of sp³-hybridized carbons (Fsp3) is 0.474. The molecule has 15 nitrogen and oxygen atoms in total. The van der Waals surface area contributed by atoms with Gasteiger partial charge in [-0.15, -0.1) is 0 Å². The van der Waals surface area contributed by atoms with E-state index in [1.54, 1.807) is 24.5 Å². The van der Waals surface area contributed by atoms with Crippen LogP contribution in [-0.2, 0) is 9.59 Å². The molecule has 5 amide bonds. The number of hydrogen-bond acceptors (Lipinski definition) is 12. The molecule has 1 aromatic carbocycles. The smallest absolute Gasteiger partial charge is 0.271 e. The molecule has 276 valence electrons. The molecule has 7 heterocycles. The number of primary amides is 1. The first kappa shape index (κ1) is 34.6. The standard InChI is InChI=1S/C38H44N10O5/c39-34(50)33-35(43-31(20-41-33)46-13-2-1-3-14-46)42-25-4-7-29(40-19-25)24-11-15-45(16-12-24)21-23-10-17-47(22-23)26-5-6-27-28(18-26)38(53)48(37(27)52)30-8-9-32(49)44-36(30)51/h4-7,18-20,23-24,30H,1-3,8-17,21-22H2,(H2,39,50)(H,42,43)(H,44,49,51)/t23-,30?/m1/s1. The fourth-order valence-corrected chi connectivity index (χ4v) is 8.43. The van der Waals surface area contributed by atoms with Crippen LogP contribution < -0.4 is 26.2 Å². The summed E-state index contributed by atoms with van der Waals surface area (Å²) in [7, 11) is 0. The normalized spacial score (nSPS) is 22.7. The average molecular weight is 721 g/mol. The molecular weight excluding hydrogens is 676 g/mol. The van der Waals surface area contributed by atoms with Gasteiger partial charge in [0.05, 0.1) is 29.2 Å². The lowest BCUT2D eigenvalue weighted by atomic mass is 9.92. The molecule has 5 aliphatic heterocycles. The molecule has 0 bridgehead atoms. The zero-order valence-electron chi connectivity index (χ0n) is 29.6. The zero-order valence-corrected chi connectivity index (χ0v) is 29.6. The number of nitrogens with two attached hydrogens (primary N) is 1. The molecule has 3 aromatic rings. The lowest BCUT2D eigenvalue weighted by Gasteiger charge is -2.33. The Morgan fingerprint density at radius 2 is 1.64 bits per heavy atom. The highest BCUT2D eigenvalue weighted by Crippen LogP contribution is 2.34. The van der Waals surface area contributed by atoms with Crippen LogP contribution >= 0.6 is 0 Å². The Hall–Kier alpha value is -5.44. The molecule has 4 N–H and O–H groups in total. The zero-order chi connectivity index (χ0) is 36.6. The molecule has 0 spiro atoms. The van der Waals surface area contributed by atoms with E-state index < -0.39 is 35.6 Å². The predicted octanol–water partition coefficient (Wildman–Crippen LogP) is 2.81. The summed E-state index contributed by atoms with van der Waals surface area (Å²) < 4.78 is 0. The van der Waals surface area contributed by atoms with Crippen LogP contribution in [0.4, 0.5) is 23.0 Å². The van der Waals surface area contributed by atoms with E-state index in [0.29, 0.717) is 28.8 Å². The molecule has 0 saturated carbocycles. The van der Waals surface area contributed by atoms with E-state index in [1.165, 1.54) is 6.42 Å². The van der Waals surface area contributed by atoms with E-state index in [2.05, 4.69) is 30.3 Å². The second-order valence-corrected chi connectivity index (χ2v) is 14.8. The van der Waals surface area contributed by atoms with Gasteiger partial charge in [-0.1, -0.05) is 0 Å². The number of imide groups is 2. The van der Waals surface area contributed by atoms with Crippen LogP contribution in [-0.4, -0.2) is 106 Å². The fourth-order valence-electron chi connectivity index (χ4n) is 8.43. The summed E-state index contributed by atoms with van der Waals surface area (Å²) in [6, 6.07) is 8.39. The summed E-state index contributed by atoms with van der Waals surface area (Å²) in [4.78, 5) is 84.4. The number of rotatable bonds is 9. The first-order valence-electron chi connectivity index (χ1n) is 18.7. The van der Waals surface area contributed by atoms with E-state index in [0.717, 1.165) is 106 Å². The molecule has 0 radical (unpaired) electrons. The first-order chi connectivity index (χ1) is 25.7. The lowest BCUT2D eigenvalue weighted by molar-refractivity contribution is -0.136. The van der Waals surface area contributed by atoms with Crippen molar-refractivity contribution in [2.24, 2.45) is 11.7 Å². The molecule has 1 unspecified atom stereocenters. The third-order valence-electron chi connectivity index (χ3n) is 11.3. The van der Waals surface area contributed by atoms with E-state index in [4.69, 9.17) is 15.7 Å². The number of nitrogens with zero attached hydrogens (tertiary/aromatic N) is 7. The minimum Gasteiger partial charge on any atom is -0.371 e. The van der Waals surface area contributed by atoms with Crippen molar-refractivity contribution < 1.29 is 24.0 Å². The van der Waals surface area contributed by atoms with Gasteiger partial charge < -0.3 is 25.8 Å². The molecule has 8 rings (SSSR count). The van der Waals surface area contributed by atoms with Crippen LogP contribution in [0.1, 0.15) is 94.2 Å². The van der Waals surface area contributed by atoms with Gasteiger partial charge in [0.2, 0.25) is 11.8 Å². The first-order valence-corrected chi connectivity index (χ1v) is 18.7. The van der Waals surface area contributed by atoms with Crippen molar-refractivity contribution in [1.29, 1.82) is 0 Å². The van der Waals surface area contributed by atoms with E-state index in [9.17, 15) is 24.0 Å². The van der Waals surface area contributed by atoms with Crippen LogP contribution in [0.15, 0.2) is 42.7 Å². The molecule has 4 saturated heterocycles. The van der Waals surface area contributed by atoms with Gasteiger partial charge in [0, 0.05) is 56.4 Å². The van der Waals surface area contributed by atoms with Gasteiger partial charge in [-0.05, 0) is 94.3 Å². The summed E-state index contributed by atoms with van der Waals surface area (Å²) in [5, 5.41) is 5.47. The van der Waals surface area contributed by atoms with Crippen molar-refractivity contribution in [3.8, 4) is 0 Å². The second-order valence-electron chi connectivity index (χ2n) is 14.8. The van der Waals surface area contributed by atoms with Crippen LogP contribution in [0.3, 0.4) is 0 Å². The summed E-state index contributed by atoms with van der Waals surface area (Å²) >= 11 is 0. The van der Waals surface area contributed by atoms with E-state index >= 15 is 0 Å². The van der Waals surface area contributed by atoms with Crippen LogP contribution in [0.2, 0.25) is 0 Å². The van der Waals surface area contributed by atoms with E-state index in [-0.39, 0.29) is 18.5 Å². The number of nitrogens with one attached hydrogen (secondary N) is 2. The third kappa shape index (κ3) is 7.04. The number of carbonyl (C=O) groups excluding carboxylic acids is 5. The van der Waals surface area contributed by atoms with Crippen molar-refractivity contribution in [2.75, 3.05) is 60.9 Å². The lowest BCUT2D eigenvalue weighted by Crippen LogP contribution is -2.54. The van der Waals surface area contributed by atoms with Gasteiger partial charge in [-0.3, -0.25) is 39.2 Å². The highest BCUT2D eigenvalue weighted by molar-refractivity contribution is 6.23. The van der Waals surface area contributed by atoms with Gasteiger partial charge in [0.15, 0.2) is 11.5 Å². The number of likely N-dealkylation sites (tertiary alicyclic amines) is 1. The summed E-state index contributed by atoms with van der Waals surface area (Å²) in [6.45, 7) is 6.50. The molecule has 2 aromatic heterocycles. The monoisotopic (exact) mass is 720 g/mol. The molecule has 15 heteroatoms. The molecular formula is C38H44N10O5. The number of hydrogen-bond donors (Lipinski definition) is 3. The van der Waals surface area contributed by atoms with Gasteiger partial charge in [0.1, 0.15) is 11.9 Å². The summed E-state index contributed by atoms with van der Waals surface area (Å²) in [5.41, 5.74) is 8.99. The average Bonchev–Trinajstić information content (AvgIpc) is 3.74. The number of fused-ring (bicyclic) bond motifs is 1. The molecule has 0 aliphatic carbocycles. The van der Waals surface area contributed by atoms with Gasteiger partial charge >= 0.3 is 0 Å². The quantitative estimate of drug-likeness (QED) is 0.275. The Kier molecular flexibility index (Phi) is 9.49. The SMILES string of the molecule is NC(=O)c1ncc(N2CCCCC2)nc1Nc1ccc(C2CCN(C[C@H]3CCN(c4ccc5c(c4)C(=O)N(C4CCC(=O)NC4=O)C5=O)C3)CC2)nc1. The number of amides is 5. The van der Waals surface area contributed by atoms with Crippen molar-refractivity contribution in [1.82, 2.24) is 30.1 Å². The predicted molar refractivity (Wildman–Crippen MR) is 196 cm³/mol. The summed E-state index contributed by atoms with van der Waals surface area (Å²) in [5.74, 6) is -0.697. The van der Waals surface area contributed by atoms with Gasteiger partial charge in [-0.2, -0.15) is 0 Å². The number of aromatic nitrogens is 3. The topological polar surface area (TPSA) is 187 Å². The number of carbonyl (C=O) groups is 5. The van der Waals surface area contributed by atoms with Crippen LogP contribution in [0, 0.1) is 5.92 Å². The highest BCUT2D eigenvalue weighted by Gasteiger charge is 2.45. The van der Waals surface area contributed by atoms with Gasteiger partial charge in [0.25, 0.3) is 17.7 Å². The van der Waals surface area contributed by atoms with Gasteiger partial charge in [-0.25, -0.2) is 9.97 Å². The molecule has 4 fully saturated rings. The Labute approximate surface area is 307 Å². The maximum Gasteiger partial charge on any atom is 0.271 e. The maximum absolute atomic E-state index is 13.3. The largest absolute Gasteiger partial charge is 0.371 e. The van der Waals surface area contributed by atoms with Crippen molar-refractivity contribution in [2.45, 2.75) is 63.3 Å². The number of anilines is 4. The maximum atomic E-state index is 13.3. The number of piperidine rings is 3. The molecule has 2 atom stereocenters. The van der Waals surface area contributed by atoms with Crippen LogP contribution in [0.5, 0.6) is 0 Å². The Morgan fingerprint density at radius 1 is 0.849 bits per heavy atom. The minimum absolute atomic E-state index is 0.0936. The number of pyridine rings is 1. The van der Waals surface area contributed by atoms with Crippen molar-refractivity contribution in [3.05, 3.63) is 65.2 Å². The second kappa shape index (κ2) is 14.5. The molecule has 53 heavy (non-hydrogen) atoms. The summed E-state index contributed by atoms with van der Waals surface area (Å²) in [6.07, 6.45) is 10.1. The van der Waals surface area contributed by atoms with Crippen LogP contribution in [0.25, 0.3) is 0 Å². The van der Waals surface area contributed by atoms with E-state index in [1.807, 2.05) is 18.2 Å². The Balaban J connectivity index is 0.835. The number of benzene rings is 1. The Morgan fingerprint density at radius 3 is 2.38 bits per heavy atom. The molecule has 5 aliphatic rings. The highest BCUT2D eigenvalue weighted by atomic mass is 16.2. The third-order valence-corrected chi connectivity index (χ3v) is 11.3. The minimum atomic E-state index is -0.970. The Bertz CT molecular complexity index is 1940. The van der Waals surface area contributed by atoms with Crippen molar-refractivity contribution in [3.63, 3.8) is 0 Å². The van der Waals surface area contributed by atoms with Crippen molar-refractivity contribution >= 4 is 52.5 Å².